The van der Waals surface area contributed by atoms with Crippen LogP contribution in [0.1, 0.15) is 18.4 Å². The van der Waals surface area contributed by atoms with Gasteiger partial charge in [-0.25, -0.2) is 8.78 Å². The number of hydrogen-bond donors (Lipinski definition) is 1. The highest BCUT2D eigenvalue weighted by Crippen LogP contribution is 2.40. The summed E-state index contributed by atoms with van der Waals surface area (Å²) in [4.78, 5) is 0. The molecular formula is C12H15F2NS. The van der Waals surface area contributed by atoms with E-state index in [9.17, 15) is 8.78 Å². The second-order valence-corrected chi connectivity index (χ2v) is 5.81. The van der Waals surface area contributed by atoms with E-state index in [1.54, 1.807) is 0 Å². The van der Waals surface area contributed by atoms with Crippen molar-refractivity contribution in [2.24, 2.45) is 5.73 Å². The predicted molar refractivity (Wildman–Crippen MR) is 63.5 cm³/mol. The molecule has 0 amide bonds. The summed E-state index contributed by atoms with van der Waals surface area (Å²) < 4.78 is 26.2. The Morgan fingerprint density at radius 1 is 1.38 bits per heavy atom. The van der Waals surface area contributed by atoms with Crippen LogP contribution in [0.5, 0.6) is 0 Å². The molecular weight excluding hydrogens is 228 g/mol. The lowest BCUT2D eigenvalue weighted by atomic mass is 9.94. The summed E-state index contributed by atoms with van der Waals surface area (Å²) in [6, 6.07) is 3.78. The Hall–Kier alpha value is -0.610. The van der Waals surface area contributed by atoms with E-state index in [2.05, 4.69) is 0 Å². The Labute approximate surface area is 98.4 Å². The third-order valence-electron chi connectivity index (χ3n) is 3.08. The molecule has 2 N–H and O–H groups in total. The van der Waals surface area contributed by atoms with Crippen molar-refractivity contribution in [2.45, 2.75) is 24.0 Å². The van der Waals surface area contributed by atoms with Gasteiger partial charge in [0.1, 0.15) is 11.6 Å². The molecule has 1 aliphatic rings. The number of hydrogen-bond acceptors (Lipinski definition) is 2. The first-order chi connectivity index (χ1) is 7.65. The monoisotopic (exact) mass is 243 g/mol. The zero-order valence-corrected chi connectivity index (χ0v) is 9.83. The van der Waals surface area contributed by atoms with Crippen molar-refractivity contribution in [3.8, 4) is 0 Å². The summed E-state index contributed by atoms with van der Waals surface area (Å²) in [5.41, 5.74) is 6.35. The third-order valence-corrected chi connectivity index (χ3v) is 4.71. The maximum Gasteiger partial charge on any atom is 0.129 e. The molecule has 16 heavy (non-hydrogen) atoms. The first-order valence-corrected chi connectivity index (χ1v) is 6.42. The lowest BCUT2D eigenvalue weighted by Gasteiger charge is -2.26. The minimum atomic E-state index is -0.526. The summed E-state index contributed by atoms with van der Waals surface area (Å²) in [6.45, 7) is 0.550. The van der Waals surface area contributed by atoms with Gasteiger partial charge >= 0.3 is 0 Å². The van der Waals surface area contributed by atoms with Crippen LogP contribution in [-0.2, 0) is 6.42 Å². The van der Waals surface area contributed by atoms with Crippen LogP contribution < -0.4 is 5.73 Å². The molecule has 1 saturated heterocycles. The van der Waals surface area contributed by atoms with Crippen LogP contribution in [0, 0.1) is 11.6 Å². The zero-order chi connectivity index (χ0) is 11.6. The van der Waals surface area contributed by atoms with Gasteiger partial charge in [-0.05, 0) is 36.6 Å². The van der Waals surface area contributed by atoms with Crippen LogP contribution in [0.25, 0.3) is 0 Å². The Bertz CT molecular complexity index is 375. The normalized spacial score (nSPS) is 24.9. The Morgan fingerprint density at radius 3 is 2.75 bits per heavy atom. The molecule has 0 saturated carbocycles. The second kappa shape index (κ2) is 4.72. The maximum absolute atomic E-state index is 13.5. The highest BCUT2D eigenvalue weighted by atomic mass is 32.2. The first-order valence-electron chi connectivity index (χ1n) is 5.43. The number of halogens is 2. The molecule has 4 heteroatoms. The summed E-state index contributed by atoms with van der Waals surface area (Å²) >= 11 is 1.81. The van der Waals surface area contributed by atoms with Crippen molar-refractivity contribution in [1.29, 1.82) is 0 Å². The lowest BCUT2D eigenvalue weighted by Crippen LogP contribution is -2.34. The highest BCUT2D eigenvalue weighted by Gasteiger charge is 2.34. The molecule has 0 spiro atoms. The van der Waals surface area contributed by atoms with Gasteiger partial charge in [-0.2, -0.15) is 11.8 Å². The average Bonchev–Trinajstić information content (AvgIpc) is 2.72. The smallest absolute Gasteiger partial charge is 0.129 e. The van der Waals surface area contributed by atoms with Crippen LogP contribution in [-0.4, -0.2) is 17.0 Å². The molecule has 0 radical (unpaired) electrons. The van der Waals surface area contributed by atoms with Crippen LogP contribution in [0.15, 0.2) is 18.2 Å². The first kappa shape index (κ1) is 11.9. The topological polar surface area (TPSA) is 26.0 Å². The fourth-order valence-electron chi connectivity index (χ4n) is 2.14. The molecule has 1 heterocycles. The molecule has 1 aromatic rings. The van der Waals surface area contributed by atoms with Gasteiger partial charge in [0.25, 0.3) is 0 Å². The van der Waals surface area contributed by atoms with Gasteiger partial charge in [-0.1, -0.05) is 6.07 Å². The van der Waals surface area contributed by atoms with E-state index in [0.29, 0.717) is 18.5 Å². The number of nitrogens with two attached hydrogens (primary N) is 1. The van der Waals surface area contributed by atoms with Crippen molar-refractivity contribution >= 4 is 11.8 Å². The minimum absolute atomic E-state index is 0.0430. The van der Waals surface area contributed by atoms with E-state index in [-0.39, 0.29) is 4.75 Å². The lowest BCUT2D eigenvalue weighted by molar-refractivity contribution is 0.529. The van der Waals surface area contributed by atoms with Crippen molar-refractivity contribution in [2.75, 3.05) is 12.3 Å². The Morgan fingerprint density at radius 2 is 2.19 bits per heavy atom. The van der Waals surface area contributed by atoms with Crippen LogP contribution in [0.3, 0.4) is 0 Å². The van der Waals surface area contributed by atoms with Crippen molar-refractivity contribution in [3.63, 3.8) is 0 Å². The van der Waals surface area contributed by atoms with Gasteiger partial charge in [0.2, 0.25) is 0 Å². The fourth-order valence-corrected chi connectivity index (χ4v) is 3.53. The standard InChI is InChI=1S/C12H15F2NS/c13-10-3-2-9(11(14)6-10)7-12(8-15)4-1-5-16-12/h2-3,6H,1,4-5,7-8,15H2. The quantitative estimate of drug-likeness (QED) is 0.883. The molecule has 1 nitrogen and oxygen atoms in total. The molecule has 1 aliphatic heterocycles. The summed E-state index contributed by atoms with van der Waals surface area (Å²) in [7, 11) is 0. The molecule has 0 bridgehead atoms. The van der Waals surface area contributed by atoms with Crippen molar-refractivity contribution in [3.05, 3.63) is 35.4 Å². The van der Waals surface area contributed by atoms with Crippen LogP contribution in [0.2, 0.25) is 0 Å². The van der Waals surface area contributed by atoms with Gasteiger partial charge in [0, 0.05) is 17.4 Å². The maximum atomic E-state index is 13.5. The summed E-state index contributed by atoms with van der Waals surface area (Å²) in [5.74, 6) is 0.0995. The number of thioether (sulfide) groups is 1. The van der Waals surface area contributed by atoms with Crippen LogP contribution >= 0.6 is 11.8 Å². The highest BCUT2D eigenvalue weighted by molar-refractivity contribution is 8.00. The van der Waals surface area contributed by atoms with Gasteiger partial charge in [-0.3, -0.25) is 0 Å². The molecule has 2 rings (SSSR count). The Balaban J connectivity index is 2.19. The van der Waals surface area contributed by atoms with Gasteiger partial charge in [0.15, 0.2) is 0 Å². The van der Waals surface area contributed by atoms with Gasteiger partial charge in [-0.15, -0.1) is 0 Å². The number of benzene rings is 1. The molecule has 1 aromatic carbocycles. The van der Waals surface area contributed by atoms with Crippen molar-refractivity contribution in [1.82, 2.24) is 0 Å². The Kier molecular flexibility index (Phi) is 3.50. The van der Waals surface area contributed by atoms with Crippen molar-refractivity contribution < 1.29 is 8.78 Å². The van der Waals surface area contributed by atoms with Gasteiger partial charge < -0.3 is 5.73 Å². The number of rotatable bonds is 3. The fraction of sp³-hybridized carbons (Fsp3) is 0.500. The van der Waals surface area contributed by atoms with E-state index < -0.39 is 11.6 Å². The molecule has 88 valence electrons. The predicted octanol–water partition coefficient (Wildman–Crippen LogP) is 2.73. The minimum Gasteiger partial charge on any atom is -0.329 e. The molecule has 0 aliphatic carbocycles. The SMILES string of the molecule is NCC1(Cc2ccc(F)cc2F)CCCS1. The molecule has 1 fully saturated rings. The average molecular weight is 243 g/mol. The second-order valence-electron chi connectivity index (χ2n) is 4.25. The van der Waals surface area contributed by atoms with Crippen LogP contribution in [0.4, 0.5) is 8.78 Å². The van der Waals surface area contributed by atoms with E-state index in [1.165, 1.54) is 12.1 Å². The third kappa shape index (κ3) is 2.38. The van der Waals surface area contributed by atoms with E-state index in [1.807, 2.05) is 11.8 Å². The van der Waals surface area contributed by atoms with E-state index >= 15 is 0 Å². The largest absolute Gasteiger partial charge is 0.329 e. The summed E-state index contributed by atoms with van der Waals surface area (Å²) in [5, 5.41) is 0. The molecule has 1 unspecified atom stereocenters. The van der Waals surface area contributed by atoms with E-state index in [0.717, 1.165) is 24.7 Å². The molecule has 0 aromatic heterocycles. The molecule has 1 atom stereocenters. The van der Waals surface area contributed by atoms with E-state index in [4.69, 9.17) is 5.73 Å². The summed E-state index contributed by atoms with van der Waals surface area (Å²) in [6.07, 6.45) is 2.75. The zero-order valence-electron chi connectivity index (χ0n) is 9.01. The van der Waals surface area contributed by atoms with Gasteiger partial charge in [0.05, 0.1) is 0 Å².